The number of nitriles is 1. The summed E-state index contributed by atoms with van der Waals surface area (Å²) in [7, 11) is 2.63. The van der Waals surface area contributed by atoms with Crippen molar-refractivity contribution in [2.45, 2.75) is 76.1 Å². The minimum absolute atomic E-state index is 0.110. The van der Waals surface area contributed by atoms with Gasteiger partial charge in [0.1, 0.15) is 0 Å². The number of hydrogen-bond acceptors (Lipinski definition) is 8. The van der Waals surface area contributed by atoms with Gasteiger partial charge in [0.25, 0.3) is 0 Å². The van der Waals surface area contributed by atoms with Gasteiger partial charge in [0.2, 0.25) is 4.87 Å². The largest absolute Gasteiger partial charge is 0.467 e. The fourth-order valence-electron chi connectivity index (χ4n) is 10.2. The molecule has 8 nitrogen and oxygen atoms in total. The average molecular weight is 674 g/mol. The van der Waals surface area contributed by atoms with Crippen LogP contribution in [0, 0.1) is 45.3 Å². The first-order valence-corrected chi connectivity index (χ1v) is 17.2. The molecule has 4 aliphatic rings. The number of rotatable bonds is 9. The SMILES string of the molecule is COC(=O)/C=C1\CC[C@@H]2[C@]1(COCc1ccccc1)C[C@H](OCc1ccccc1)[C@@H]1[C@@]3(C)CCC(=O)C(Cl)(C(=O)OC)[C@@H]3CC[C@@]21C#N. The molecule has 0 spiro atoms. The summed E-state index contributed by atoms with van der Waals surface area (Å²) in [4.78, 5) is 37.7. The molecule has 0 heterocycles. The first-order valence-electron chi connectivity index (χ1n) is 16.9. The van der Waals surface area contributed by atoms with Gasteiger partial charge in [-0.05, 0) is 61.0 Å². The van der Waals surface area contributed by atoms with Gasteiger partial charge in [0.15, 0.2) is 5.78 Å². The highest BCUT2D eigenvalue weighted by molar-refractivity contribution is 6.46. The minimum Gasteiger partial charge on any atom is -0.467 e. The number of methoxy groups -OCH3 is 2. The molecular weight excluding hydrogens is 630 g/mol. The first kappa shape index (κ1) is 34.4. The van der Waals surface area contributed by atoms with Crippen molar-refractivity contribution in [3.63, 3.8) is 0 Å². The Bertz CT molecular complexity index is 1600. The van der Waals surface area contributed by atoms with E-state index in [0.717, 1.165) is 16.7 Å². The number of benzene rings is 2. The van der Waals surface area contributed by atoms with Crippen molar-refractivity contribution in [1.82, 2.24) is 0 Å². The molecule has 0 saturated heterocycles. The molecule has 0 N–H and O–H groups in total. The lowest BCUT2D eigenvalue weighted by molar-refractivity contribution is -0.220. The molecule has 2 aromatic carbocycles. The molecule has 9 heteroatoms. The van der Waals surface area contributed by atoms with Gasteiger partial charge in [-0.25, -0.2) is 9.59 Å². The third kappa shape index (κ3) is 5.48. The molecule has 48 heavy (non-hydrogen) atoms. The van der Waals surface area contributed by atoms with Crippen LogP contribution in [0.3, 0.4) is 0 Å². The molecule has 8 atom stereocenters. The number of esters is 2. The predicted molar refractivity (Wildman–Crippen MR) is 178 cm³/mol. The van der Waals surface area contributed by atoms with Gasteiger partial charge < -0.3 is 18.9 Å². The van der Waals surface area contributed by atoms with Crippen LogP contribution < -0.4 is 0 Å². The Morgan fingerprint density at radius 1 is 0.938 bits per heavy atom. The Balaban J connectivity index is 1.48. The molecule has 4 aliphatic carbocycles. The smallest absolute Gasteiger partial charge is 0.334 e. The van der Waals surface area contributed by atoms with Gasteiger partial charge in [0, 0.05) is 29.7 Å². The zero-order chi connectivity index (χ0) is 34.2. The number of carbonyl (C=O) groups excluding carboxylic acids is 3. The third-order valence-corrected chi connectivity index (χ3v) is 12.8. The van der Waals surface area contributed by atoms with E-state index in [1.54, 1.807) is 6.08 Å². The lowest BCUT2D eigenvalue weighted by Crippen LogP contribution is -2.69. The van der Waals surface area contributed by atoms with Crippen LogP contribution >= 0.6 is 11.6 Å². The van der Waals surface area contributed by atoms with Crippen LogP contribution in [-0.4, -0.2) is 49.5 Å². The molecule has 2 aromatic rings. The fraction of sp³-hybridized carbons (Fsp3) is 0.538. The molecular formula is C39H44ClNO7. The van der Waals surface area contributed by atoms with Crippen molar-refractivity contribution in [1.29, 1.82) is 5.26 Å². The zero-order valence-electron chi connectivity index (χ0n) is 27.9. The van der Waals surface area contributed by atoms with Crippen LogP contribution in [0.15, 0.2) is 72.3 Å². The number of ether oxygens (including phenoxy) is 4. The Morgan fingerprint density at radius 3 is 2.23 bits per heavy atom. The van der Waals surface area contributed by atoms with Crippen LogP contribution in [0.5, 0.6) is 0 Å². The van der Waals surface area contributed by atoms with Gasteiger partial charge in [-0.2, -0.15) is 5.26 Å². The van der Waals surface area contributed by atoms with E-state index in [9.17, 15) is 19.6 Å². The molecule has 1 unspecified atom stereocenters. The number of halogens is 1. The van der Waals surface area contributed by atoms with Crippen molar-refractivity contribution in [3.8, 4) is 6.07 Å². The van der Waals surface area contributed by atoms with Gasteiger partial charge in [-0.1, -0.05) is 84.8 Å². The molecule has 0 radical (unpaired) electrons. The van der Waals surface area contributed by atoms with E-state index in [-0.39, 0.29) is 24.0 Å². The van der Waals surface area contributed by atoms with E-state index in [2.05, 4.69) is 13.0 Å². The van der Waals surface area contributed by atoms with E-state index < -0.39 is 45.1 Å². The molecule has 0 amide bonds. The molecule has 4 fully saturated rings. The van der Waals surface area contributed by atoms with Gasteiger partial charge in [-0.3, -0.25) is 4.79 Å². The van der Waals surface area contributed by atoms with Crippen LogP contribution in [0.4, 0.5) is 0 Å². The van der Waals surface area contributed by atoms with E-state index in [0.29, 0.717) is 58.3 Å². The summed E-state index contributed by atoms with van der Waals surface area (Å²) >= 11 is 7.11. The van der Waals surface area contributed by atoms with Crippen molar-refractivity contribution in [2.24, 2.45) is 34.0 Å². The third-order valence-electron chi connectivity index (χ3n) is 12.2. The summed E-state index contributed by atoms with van der Waals surface area (Å²) in [6, 6.07) is 22.7. The molecule has 4 saturated carbocycles. The molecule has 0 bridgehead atoms. The van der Waals surface area contributed by atoms with Crippen molar-refractivity contribution in [2.75, 3.05) is 20.8 Å². The lowest BCUT2D eigenvalue weighted by Gasteiger charge is -2.66. The van der Waals surface area contributed by atoms with Crippen LogP contribution in [0.1, 0.15) is 63.0 Å². The summed E-state index contributed by atoms with van der Waals surface area (Å²) in [5, 5.41) is 11.5. The number of alkyl halides is 1. The van der Waals surface area contributed by atoms with E-state index in [1.165, 1.54) is 14.2 Å². The van der Waals surface area contributed by atoms with Crippen LogP contribution in [-0.2, 0) is 46.5 Å². The summed E-state index contributed by atoms with van der Waals surface area (Å²) in [6.45, 7) is 3.10. The van der Waals surface area contributed by atoms with Crippen molar-refractivity contribution < 1.29 is 33.3 Å². The second-order valence-electron chi connectivity index (χ2n) is 14.3. The maximum absolute atomic E-state index is 13.5. The second-order valence-corrected chi connectivity index (χ2v) is 14.9. The molecule has 6 rings (SSSR count). The number of fused-ring (bicyclic) bond motifs is 5. The van der Waals surface area contributed by atoms with E-state index in [1.807, 2.05) is 60.7 Å². The summed E-state index contributed by atoms with van der Waals surface area (Å²) in [5.41, 5.74) is 0.673. The Labute approximate surface area is 287 Å². The zero-order valence-corrected chi connectivity index (χ0v) is 28.7. The van der Waals surface area contributed by atoms with Gasteiger partial charge in [0.05, 0.1) is 51.6 Å². The normalized spacial score (nSPS) is 36.3. The maximum atomic E-state index is 13.5. The topological polar surface area (TPSA) is 112 Å². The lowest BCUT2D eigenvalue weighted by atomic mass is 9.37. The summed E-state index contributed by atoms with van der Waals surface area (Å²) in [5.74, 6) is -2.55. The van der Waals surface area contributed by atoms with Gasteiger partial charge >= 0.3 is 11.9 Å². The van der Waals surface area contributed by atoms with Crippen LogP contribution in [0.2, 0.25) is 0 Å². The maximum Gasteiger partial charge on any atom is 0.334 e. The molecule has 0 aliphatic heterocycles. The van der Waals surface area contributed by atoms with E-state index >= 15 is 0 Å². The molecule has 254 valence electrons. The minimum atomic E-state index is -1.83. The van der Waals surface area contributed by atoms with Crippen LogP contribution in [0.25, 0.3) is 0 Å². The number of hydrogen-bond donors (Lipinski definition) is 0. The highest BCUT2D eigenvalue weighted by atomic mass is 35.5. The quantitative estimate of drug-likeness (QED) is 0.124. The van der Waals surface area contributed by atoms with Gasteiger partial charge in [-0.15, -0.1) is 0 Å². The number of ketones is 1. The Kier molecular flexibility index (Phi) is 9.61. The number of nitrogens with zero attached hydrogens (tertiary/aromatic N) is 1. The highest BCUT2D eigenvalue weighted by Gasteiger charge is 2.74. The Hall–Kier alpha value is -3.51. The van der Waals surface area contributed by atoms with E-state index in [4.69, 9.17) is 30.5 Å². The predicted octanol–water partition coefficient (Wildman–Crippen LogP) is 6.74. The number of Topliss-reactive ketones (excluding diaryl/α,β-unsaturated/α-hetero) is 1. The highest BCUT2D eigenvalue weighted by Crippen LogP contribution is 2.74. The summed E-state index contributed by atoms with van der Waals surface area (Å²) < 4.78 is 23.7. The second kappa shape index (κ2) is 13.4. The fourth-order valence-corrected chi connectivity index (χ4v) is 10.8. The molecule has 0 aromatic heterocycles. The van der Waals surface area contributed by atoms with Crippen molar-refractivity contribution >= 4 is 29.3 Å². The number of carbonyl (C=O) groups is 3. The van der Waals surface area contributed by atoms with Crippen molar-refractivity contribution in [3.05, 3.63) is 83.4 Å². The average Bonchev–Trinajstić information content (AvgIpc) is 3.46. The Morgan fingerprint density at radius 2 is 1.60 bits per heavy atom. The first-order chi connectivity index (χ1) is 23.1. The summed E-state index contributed by atoms with van der Waals surface area (Å²) in [6.07, 6.45) is 4.36. The standard InChI is InChI=1S/C39H44ClNO7/c1-36-18-17-32(42)39(40,35(44)46-3)30(36)16-19-37(24-41)31-15-14-28(20-33(43)45-2)38(31,25-47-22-26-10-6-4-7-11-26)21-29(34(36)37)48-23-27-12-8-5-9-13-27/h4-13,20,29-31,34H,14-19,21-23,25H2,1-3H3/b28-20+/t29-,30+,31-,34+,36-,37+,38-,39?/m0/s1. The monoisotopic (exact) mass is 673 g/mol.